The van der Waals surface area contributed by atoms with E-state index in [4.69, 9.17) is 5.11 Å². The van der Waals surface area contributed by atoms with Gasteiger partial charge in [-0.2, -0.15) is 0 Å². The van der Waals surface area contributed by atoms with Crippen LogP contribution in [0.25, 0.3) is 0 Å². The second kappa shape index (κ2) is 2.55. The molecule has 0 saturated carbocycles. The van der Waals surface area contributed by atoms with E-state index in [0.29, 0.717) is 0 Å². The summed E-state index contributed by atoms with van der Waals surface area (Å²) in [6, 6.07) is 0. The summed E-state index contributed by atoms with van der Waals surface area (Å²) in [6.45, 7) is 1.92. The fraction of sp³-hybridized carbons (Fsp3) is 0.500. The summed E-state index contributed by atoms with van der Waals surface area (Å²) in [5.74, 6) is -1.08. The average molecular weight is 183 g/mol. The van der Waals surface area contributed by atoms with Gasteiger partial charge in [-0.3, -0.25) is 4.79 Å². The topological polar surface area (TPSA) is 50.2 Å². The minimum atomic E-state index is -0.737. The van der Waals surface area contributed by atoms with Crippen LogP contribution in [-0.2, 0) is 11.2 Å². The average Bonchev–Trinajstić information content (AvgIpc) is 2.43. The zero-order chi connectivity index (χ0) is 8.72. The third-order valence-electron chi connectivity index (χ3n) is 2.12. The number of aliphatic carboxylic acids is 1. The minimum absolute atomic E-state index is 0.343. The van der Waals surface area contributed by atoms with Crippen LogP contribution in [0.2, 0.25) is 0 Å². The Hall–Kier alpha value is -0.900. The highest BCUT2D eigenvalue weighted by Gasteiger charge is 2.31. The summed E-state index contributed by atoms with van der Waals surface area (Å²) < 4.78 is 0. The number of hydrogen-bond donors (Lipinski definition) is 1. The van der Waals surface area contributed by atoms with Crippen LogP contribution in [0.15, 0.2) is 0 Å². The highest BCUT2D eigenvalue weighted by molar-refractivity contribution is 7.11. The van der Waals surface area contributed by atoms with Crippen molar-refractivity contribution in [2.45, 2.75) is 25.7 Å². The Labute approximate surface area is 74.1 Å². The predicted octanol–water partition coefficient (Wildman–Crippen LogP) is 1.57. The number of hydrogen-bond acceptors (Lipinski definition) is 3. The highest BCUT2D eigenvalue weighted by atomic mass is 32.1. The summed E-state index contributed by atoms with van der Waals surface area (Å²) in [5, 5.41) is 9.81. The first-order valence-electron chi connectivity index (χ1n) is 3.87. The molecule has 1 atom stereocenters. The van der Waals surface area contributed by atoms with Crippen molar-refractivity contribution in [2.75, 3.05) is 0 Å². The second-order valence-corrected chi connectivity index (χ2v) is 4.26. The molecule has 1 aliphatic carbocycles. The van der Waals surface area contributed by atoms with E-state index >= 15 is 0 Å². The van der Waals surface area contributed by atoms with Gasteiger partial charge in [-0.15, -0.1) is 11.3 Å². The van der Waals surface area contributed by atoms with Gasteiger partial charge in [0.2, 0.25) is 0 Å². The number of aryl methyl sites for hydroxylation is 2. The van der Waals surface area contributed by atoms with Crippen LogP contribution in [0, 0.1) is 6.92 Å². The van der Waals surface area contributed by atoms with Crippen LogP contribution in [0.3, 0.4) is 0 Å². The summed E-state index contributed by atoms with van der Waals surface area (Å²) in [7, 11) is 0. The largest absolute Gasteiger partial charge is 0.481 e. The van der Waals surface area contributed by atoms with E-state index in [0.717, 1.165) is 23.5 Å². The van der Waals surface area contributed by atoms with Crippen molar-refractivity contribution < 1.29 is 9.90 Å². The summed E-state index contributed by atoms with van der Waals surface area (Å²) in [4.78, 5) is 16.1. The minimum Gasteiger partial charge on any atom is -0.481 e. The van der Waals surface area contributed by atoms with Gasteiger partial charge in [0.1, 0.15) is 5.92 Å². The fourth-order valence-electron chi connectivity index (χ4n) is 1.59. The molecular weight excluding hydrogens is 174 g/mol. The van der Waals surface area contributed by atoms with Crippen LogP contribution in [-0.4, -0.2) is 16.1 Å². The Morgan fingerprint density at radius 1 is 1.75 bits per heavy atom. The van der Waals surface area contributed by atoms with Crippen LogP contribution in [0.5, 0.6) is 0 Å². The van der Waals surface area contributed by atoms with Crippen LogP contribution < -0.4 is 0 Å². The molecule has 64 valence electrons. The van der Waals surface area contributed by atoms with E-state index in [9.17, 15) is 4.79 Å². The molecule has 12 heavy (non-hydrogen) atoms. The number of thiazole rings is 1. The molecule has 0 amide bonds. The maximum absolute atomic E-state index is 10.7. The molecule has 0 unspecified atom stereocenters. The van der Waals surface area contributed by atoms with Gasteiger partial charge >= 0.3 is 5.97 Å². The monoisotopic (exact) mass is 183 g/mol. The third-order valence-corrected chi connectivity index (χ3v) is 3.17. The molecule has 0 fully saturated rings. The lowest BCUT2D eigenvalue weighted by Crippen LogP contribution is -2.08. The van der Waals surface area contributed by atoms with E-state index in [-0.39, 0.29) is 5.92 Å². The van der Waals surface area contributed by atoms with Crippen molar-refractivity contribution in [3.05, 3.63) is 15.6 Å². The van der Waals surface area contributed by atoms with Gasteiger partial charge < -0.3 is 5.11 Å². The number of carbonyl (C=O) groups is 1. The van der Waals surface area contributed by atoms with Gasteiger partial charge in [0, 0.05) is 4.88 Å². The molecule has 0 bridgehead atoms. The lowest BCUT2D eigenvalue weighted by atomic mass is 10.1. The standard InChI is InChI=1S/C8H9NO2S/c1-4-9-7-5(8(10)11)2-3-6(7)12-4/h5H,2-3H2,1H3,(H,10,11)/t5-/m0/s1. The maximum Gasteiger partial charge on any atom is 0.312 e. The van der Waals surface area contributed by atoms with Crippen molar-refractivity contribution in [1.29, 1.82) is 0 Å². The van der Waals surface area contributed by atoms with Crippen LogP contribution >= 0.6 is 11.3 Å². The molecule has 0 radical (unpaired) electrons. The molecule has 2 rings (SSSR count). The molecule has 1 aromatic heterocycles. The molecule has 1 aliphatic rings. The van der Waals surface area contributed by atoms with Gasteiger partial charge in [-0.05, 0) is 19.8 Å². The zero-order valence-corrected chi connectivity index (χ0v) is 7.52. The van der Waals surface area contributed by atoms with Crippen molar-refractivity contribution in [2.24, 2.45) is 0 Å². The van der Waals surface area contributed by atoms with Gasteiger partial charge in [0.25, 0.3) is 0 Å². The van der Waals surface area contributed by atoms with Crippen LogP contribution in [0.1, 0.15) is 27.9 Å². The molecule has 3 nitrogen and oxygen atoms in total. The Morgan fingerprint density at radius 3 is 3.17 bits per heavy atom. The normalized spacial score (nSPS) is 20.9. The molecule has 1 N–H and O–H groups in total. The van der Waals surface area contributed by atoms with Crippen molar-refractivity contribution in [3.63, 3.8) is 0 Å². The molecular formula is C8H9NO2S. The second-order valence-electron chi connectivity index (χ2n) is 2.97. The Balaban J connectivity index is 2.41. The maximum atomic E-state index is 10.7. The molecule has 0 saturated heterocycles. The molecule has 0 spiro atoms. The lowest BCUT2D eigenvalue weighted by Gasteiger charge is -1.99. The predicted molar refractivity (Wildman–Crippen MR) is 45.5 cm³/mol. The Morgan fingerprint density at radius 2 is 2.50 bits per heavy atom. The van der Waals surface area contributed by atoms with Gasteiger partial charge in [0.05, 0.1) is 10.7 Å². The van der Waals surface area contributed by atoms with Gasteiger partial charge in [-0.1, -0.05) is 0 Å². The van der Waals surface area contributed by atoms with Crippen LogP contribution in [0.4, 0.5) is 0 Å². The quantitative estimate of drug-likeness (QED) is 0.719. The first kappa shape index (κ1) is 7.73. The smallest absolute Gasteiger partial charge is 0.312 e. The number of fused-ring (bicyclic) bond motifs is 1. The number of carboxylic acids is 1. The Kier molecular flexibility index (Phi) is 1.65. The number of rotatable bonds is 1. The summed E-state index contributed by atoms with van der Waals surface area (Å²) in [6.07, 6.45) is 1.61. The molecule has 0 aliphatic heterocycles. The molecule has 1 heterocycles. The zero-order valence-electron chi connectivity index (χ0n) is 6.70. The lowest BCUT2D eigenvalue weighted by molar-refractivity contribution is -0.138. The molecule has 0 aromatic carbocycles. The van der Waals surface area contributed by atoms with Gasteiger partial charge in [-0.25, -0.2) is 4.98 Å². The van der Waals surface area contributed by atoms with E-state index in [2.05, 4.69) is 4.98 Å². The van der Waals surface area contributed by atoms with E-state index < -0.39 is 5.97 Å². The van der Waals surface area contributed by atoms with Crippen molar-refractivity contribution in [3.8, 4) is 0 Å². The van der Waals surface area contributed by atoms with Crippen molar-refractivity contribution in [1.82, 2.24) is 4.98 Å². The number of aromatic nitrogens is 1. The van der Waals surface area contributed by atoms with E-state index in [1.807, 2.05) is 6.92 Å². The van der Waals surface area contributed by atoms with E-state index in [1.54, 1.807) is 11.3 Å². The first-order valence-corrected chi connectivity index (χ1v) is 4.69. The first-order chi connectivity index (χ1) is 5.68. The molecule has 1 aromatic rings. The Bertz CT molecular complexity index is 332. The highest BCUT2D eigenvalue weighted by Crippen LogP contribution is 2.36. The SMILES string of the molecule is Cc1nc2c(s1)CC[C@@H]2C(=O)O. The summed E-state index contributed by atoms with van der Waals surface area (Å²) >= 11 is 1.62. The number of nitrogens with zero attached hydrogens (tertiary/aromatic N) is 1. The van der Waals surface area contributed by atoms with E-state index in [1.165, 1.54) is 4.88 Å². The third kappa shape index (κ3) is 1.03. The fourth-order valence-corrected chi connectivity index (χ4v) is 2.60. The van der Waals surface area contributed by atoms with Crippen molar-refractivity contribution >= 4 is 17.3 Å². The van der Waals surface area contributed by atoms with Gasteiger partial charge in [0.15, 0.2) is 0 Å². The molecule has 4 heteroatoms. The summed E-state index contributed by atoms with van der Waals surface area (Å²) in [5.41, 5.74) is 0.810. The number of carboxylic acid groups (broad SMARTS) is 1.